The monoisotopic (exact) mass is 559 g/mol. The van der Waals surface area contributed by atoms with Gasteiger partial charge >= 0.3 is 6.09 Å². The predicted octanol–water partition coefficient (Wildman–Crippen LogP) is 4.29. The van der Waals surface area contributed by atoms with Gasteiger partial charge in [0, 0.05) is 17.8 Å². The van der Waals surface area contributed by atoms with Crippen LogP contribution in [0.3, 0.4) is 0 Å². The summed E-state index contributed by atoms with van der Waals surface area (Å²) in [4.78, 5) is 25.1. The molecule has 2 amide bonds. The zero-order chi connectivity index (χ0) is 29.1. The molecule has 4 atom stereocenters. The molecular formula is C30H45N3O5S. The van der Waals surface area contributed by atoms with E-state index in [1.54, 1.807) is 20.8 Å². The van der Waals surface area contributed by atoms with Crippen LogP contribution in [-0.4, -0.2) is 69.3 Å². The van der Waals surface area contributed by atoms with E-state index >= 15 is 0 Å². The van der Waals surface area contributed by atoms with E-state index in [-0.39, 0.29) is 23.1 Å². The number of rotatable bonds is 12. The highest BCUT2D eigenvalue weighted by Crippen LogP contribution is 2.24. The van der Waals surface area contributed by atoms with Crippen molar-refractivity contribution in [2.24, 2.45) is 0 Å². The Bertz CT molecular complexity index is 927. The van der Waals surface area contributed by atoms with Crippen LogP contribution in [-0.2, 0) is 17.6 Å². The highest BCUT2D eigenvalue weighted by molar-refractivity contribution is 8.14. The lowest BCUT2D eigenvalue weighted by atomic mass is 10.00. The van der Waals surface area contributed by atoms with Crippen molar-refractivity contribution in [2.75, 3.05) is 13.1 Å². The van der Waals surface area contributed by atoms with Gasteiger partial charge in [-0.15, -0.1) is 0 Å². The molecule has 0 aromatic heterocycles. The number of aliphatic hydroxyl groups is 2. The molecule has 0 aliphatic carbocycles. The van der Waals surface area contributed by atoms with Crippen LogP contribution in [0.5, 0.6) is 0 Å². The van der Waals surface area contributed by atoms with Crippen LogP contribution in [0.4, 0.5) is 9.59 Å². The van der Waals surface area contributed by atoms with Crippen molar-refractivity contribution in [2.45, 2.75) is 89.0 Å². The standard InChI is InChI=1S/C30H45N3O5S/c1-29(2,3)38-27(36)32-23(17-21-13-9-7-10-14-21)25(34)19-31-20-26(35)24(18-22-15-11-8-12-16-22)33-28(37)39-30(4,5)6/h7-16,23-26,31,34-35H,17-20H2,1-6H3,(H,32,36)(H,33,37)/t23-,24-,25+,26+/m0/s1. The largest absolute Gasteiger partial charge is 0.444 e. The van der Waals surface area contributed by atoms with E-state index in [9.17, 15) is 19.8 Å². The number of amides is 2. The molecule has 39 heavy (non-hydrogen) atoms. The molecule has 0 aliphatic rings. The molecule has 2 aromatic rings. The van der Waals surface area contributed by atoms with E-state index in [1.807, 2.05) is 81.4 Å². The van der Waals surface area contributed by atoms with Gasteiger partial charge in [0.25, 0.3) is 5.24 Å². The summed E-state index contributed by atoms with van der Waals surface area (Å²) in [5.74, 6) is 0. The molecule has 0 unspecified atom stereocenters. The molecule has 216 valence electrons. The van der Waals surface area contributed by atoms with Gasteiger partial charge < -0.3 is 30.9 Å². The molecule has 0 radical (unpaired) electrons. The molecule has 0 aliphatic heterocycles. The van der Waals surface area contributed by atoms with Crippen LogP contribution in [0.2, 0.25) is 0 Å². The SMILES string of the molecule is CC(C)(C)OC(=O)N[C@@H](Cc1ccccc1)[C@H](O)CNC[C@@H](O)[C@H](Cc1ccccc1)NC(=O)SC(C)(C)C. The highest BCUT2D eigenvalue weighted by Gasteiger charge is 2.27. The van der Waals surface area contributed by atoms with Crippen molar-refractivity contribution in [3.8, 4) is 0 Å². The van der Waals surface area contributed by atoms with Crippen molar-refractivity contribution in [1.29, 1.82) is 0 Å². The zero-order valence-electron chi connectivity index (χ0n) is 23.9. The summed E-state index contributed by atoms with van der Waals surface area (Å²) < 4.78 is 5.13. The number of benzene rings is 2. The third kappa shape index (κ3) is 13.9. The van der Waals surface area contributed by atoms with Crippen LogP contribution in [0.25, 0.3) is 0 Å². The first kappa shape index (κ1) is 32.6. The van der Waals surface area contributed by atoms with E-state index in [4.69, 9.17) is 4.74 Å². The molecule has 8 nitrogen and oxygen atoms in total. The Morgan fingerprint density at radius 3 is 1.62 bits per heavy atom. The number of thioether (sulfide) groups is 1. The molecule has 0 heterocycles. The van der Waals surface area contributed by atoms with Crippen molar-refractivity contribution >= 4 is 23.1 Å². The number of alkyl carbamates (subject to hydrolysis) is 1. The van der Waals surface area contributed by atoms with Crippen molar-refractivity contribution in [3.63, 3.8) is 0 Å². The maximum atomic E-state index is 12.6. The number of aliphatic hydroxyl groups excluding tert-OH is 2. The number of nitrogens with one attached hydrogen (secondary N) is 3. The summed E-state index contributed by atoms with van der Waals surface area (Å²) in [6.07, 6.45) is -1.61. The molecule has 2 aromatic carbocycles. The fourth-order valence-corrected chi connectivity index (χ4v) is 4.65. The first-order valence-corrected chi connectivity index (χ1v) is 14.2. The molecule has 0 fully saturated rings. The van der Waals surface area contributed by atoms with Gasteiger partial charge in [0.15, 0.2) is 0 Å². The summed E-state index contributed by atoms with van der Waals surface area (Å²) in [5.41, 5.74) is 1.28. The van der Waals surface area contributed by atoms with Gasteiger partial charge in [-0.25, -0.2) is 4.79 Å². The van der Waals surface area contributed by atoms with Crippen LogP contribution in [0, 0.1) is 0 Å². The minimum atomic E-state index is -0.955. The second-order valence-electron chi connectivity index (χ2n) is 11.7. The Labute approximate surface area is 237 Å². The lowest BCUT2D eigenvalue weighted by molar-refractivity contribution is 0.0416. The summed E-state index contributed by atoms with van der Waals surface area (Å²) in [5, 5.41) is 30.7. The normalized spacial score (nSPS) is 15.1. The van der Waals surface area contributed by atoms with E-state index in [0.29, 0.717) is 12.8 Å². The lowest BCUT2D eigenvalue weighted by Crippen LogP contribution is -2.52. The van der Waals surface area contributed by atoms with Gasteiger partial charge in [0.1, 0.15) is 5.60 Å². The van der Waals surface area contributed by atoms with E-state index in [1.165, 1.54) is 11.8 Å². The summed E-state index contributed by atoms with van der Waals surface area (Å²) in [6, 6.07) is 18.1. The number of hydrogen-bond acceptors (Lipinski definition) is 7. The minimum Gasteiger partial charge on any atom is -0.444 e. The fourth-order valence-electron chi connectivity index (χ4n) is 3.88. The smallest absolute Gasteiger partial charge is 0.407 e. The molecular weight excluding hydrogens is 514 g/mol. The maximum absolute atomic E-state index is 12.6. The predicted molar refractivity (Wildman–Crippen MR) is 158 cm³/mol. The van der Waals surface area contributed by atoms with Gasteiger partial charge in [0.2, 0.25) is 0 Å². The average Bonchev–Trinajstić information content (AvgIpc) is 2.82. The summed E-state index contributed by atoms with van der Waals surface area (Å²) in [6.45, 7) is 11.5. The molecule has 0 saturated carbocycles. The molecule has 0 bridgehead atoms. The van der Waals surface area contributed by atoms with Gasteiger partial charge in [0.05, 0.1) is 24.3 Å². The van der Waals surface area contributed by atoms with Gasteiger partial charge in [-0.3, -0.25) is 4.79 Å². The number of hydrogen-bond donors (Lipinski definition) is 5. The van der Waals surface area contributed by atoms with Crippen LogP contribution in [0.1, 0.15) is 52.7 Å². The highest BCUT2D eigenvalue weighted by atomic mass is 32.2. The third-order valence-electron chi connectivity index (χ3n) is 5.64. The number of carbonyl (C=O) groups is 2. The number of ether oxygens (including phenoxy) is 1. The molecule has 0 spiro atoms. The first-order chi connectivity index (χ1) is 18.2. The third-order valence-corrected chi connectivity index (χ3v) is 6.55. The van der Waals surface area contributed by atoms with Crippen molar-refractivity contribution in [3.05, 3.63) is 71.8 Å². The van der Waals surface area contributed by atoms with Crippen LogP contribution in [0.15, 0.2) is 60.7 Å². The lowest BCUT2D eigenvalue weighted by Gasteiger charge is -2.29. The Morgan fingerprint density at radius 1 is 0.769 bits per heavy atom. The van der Waals surface area contributed by atoms with E-state index < -0.39 is 36.0 Å². The topological polar surface area (TPSA) is 120 Å². The van der Waals surface area contributed by atoms with E-state index in [2.05, 4.69) is 16.0 Å². The Balaban J connectivity index is 2.03. The summed E-state index contributed by atoms with van der Waals surface area (Å²) >= 11 is 1.18. The quantitative estimate of drug-likeness (QED) is 0.263. The second kappa shape index (κ2) is 15.3. The Kier molecular flexibility index (Phi) is 12.8. The minimum absolute atomic E-state index is 0.118. The fraction of sp³-hybridized carbons (Fsp3) is 0.533. The zero-order valence-corrected chi connectivity index (χ0v) is 24.8. The van der Waals surface area contributed by atoms with Crippen molar-refractivity contribution in [1.82, 2.24) is 16.0 Å². The Hall–Kier alpha value is -2.59. The second-order valence-corrected chi connectivity index (χ2v) is 13.5. The van der Waals surface area contributed by atoms with Crippen molar-refractivity contribution < 1.29 is 24.5 Å². The average molecular weight is 560 g/mol. The van der Waals surface area contributed by atoms with E-state index in [0.717, 1.165) is 11.1 Å². The molecule has 9 heteroatoms. The van der Waals surface area contributed by atoms with Gasteiger partial charge in [-0.1, -0.05) is 93.2 Å². The van der Waals surface area contributed by atoms with Gasteiger partial charge in [-0.05, 0) is 44.7 Å². The summed E-state index contributed by atoms with van der Waals surface area (Å²) in [7, 11) is 0. The van der Waals surface area contributed by atoms with Crippen LogP contribution >= 0.6 is 11.8 Å². The van der Waals surface area contributed by atoms with Gasteiger partial charge in [-0.2, -0.15) is 0 Å². The molecule has 2 rings (SSSR count). The maximum Gasteiger partial charge on any atom is 0.407 e. The molecule has 0 saturated heterocycles. The molecule has 5 N–H and O–H groups in total. The first-order valence-electron chi connectivity index (χ1n) is 13.4. The van der Waals surface area contributed by atoms with Crippen LogP contribution < -0.4 is 16.0 Å². The Morgan fingerprint density at radius 2 is 1.21 bits per heavy atom. The number of carbonyl (C=O) groups excluding carboxylic acids is 2.